The van der Waals surface area contributed by atoms with Crippen LogP contribution in [0.3, 0.4) is 0 Å². The van der Waals surface area contributed by atoms with Crippen LogP contribution in [-0.2, 0) is 6.54 Å². The van der Waals surface area contributed by atoms with Crippen LogP contribution in [0, 0.1) is 6.92 Å². The molecule has 118 valence electrons. The Morgan fingerprint density at radius 2 is 2.17 bits per heavy atom. The number of carboxylic acid groups (broad SMARTS) is 1. The minimum absolute atomic E-state index is 0.0821. The predicted octanol–water partition coefficient (Wildman–Crippen LogP) is 2.17. The van der Waals surface area contributed by atoms with E-state index in [1.807, 2.05) is 13.8 Å². The van der Waals surface area contributed by atoms with E-state index in [1.165, 1.54) is 23.6 Å². The SMILES string of the molecule is CCn1nc(C)cc1C(=O)Nc1nc2ncc(C(=O)O)cc2s1. The summed E-state index contributed by atoms with van der Waals surface area (Å²) in [6.07, 6.45) is 1.24. The Balaban J connectivity index is 1.88. The maximum atomic E-state index is 12.3. The van der Waals surface area contributed by atoms with Crippen LogP contribution in [0.25, 0.3) is 10.3 Å². The van der Waals surface area contributed by atoms with E-state index in [-0.39, 0.29) is 11.5 Å². The average Bonchev–Trinajstić information content (AvgIpc) is 3.08. The predicted molar refractivity (Wildman–Crippen MR) is 85.0 cm³/mol. The Labute approximate surface area is 134 Å². The number of rotatable bonds is 4. The van der Waals surface area contributed by atoms with Crippen LogP contribution >= 0.6 is 11.3 Å². The summed E-state index contributed by atoms with van der Waals surface area (Å²) >= 11 is 1.17. The van der Waals surface area contributed by atoms with Gasteiger partial charge >= 0.3 is 5.97 Å². The molecule has 3 heterocycles. The zero-order chi connectivity index (χ0) is 16.6. The Bertz CT molecular complexity index is 914. The van der Waals surface area contributed by atoms with E-state index >= 15 is 0 Å². The molecule has 0 saturated heterocycles. The lowest BCUT2D eigenvalue weighted by atomic mass is 10.3. The van der Waals surface area contributed by atoms with E-state index in [9.17, 15) is 9.59 Å². The van der Waals surface area contributed by atoms with Crippen molar-refractivity contribution in [2.24, 2.45) is 0 Å². The van der Waals surface area contributed by atoms with E-state index in [4.69, 9.17) is 5.11 Å². The van der Waals surface area contributed by atoms with Gasteiger partial charge in [0, 0.05) is 12.7 Å². The van der Waals surface area contributed by atoms with Gasteiger partial charge in [-0.1, -0.05) is 11.3 Å². The first-order valence-corrected chi connectivity index (χ1v) is 7.65. The van der Waals surface area contributed by atoms with Gasteiger partial charge in [-0.25, -0.2) is 9.78 Å². The Morgan fingerprint density at radius 3 is 2.87 bits per heavy atom. The summed E-state index contributed by atoms with van der Waals surface area (Å²) in [5, 5.41) is 16.3. The van der Waals surface area contributed by atoms with Gasteiger partial charge in [-0.2, -0.15) is 10.1 Å². The molecule has 0 unspecified atom stereocenters. The van der Waals surface area contributed by atoms with Crippen molar-refractivity contribution in [3.8, 4) is 0 Å². The van der Waals surface area contributed by atoms with E-state index in [2.05, 4.69) is 20.4 Å². The van der Waals surface area contributed by atoms with Crippen LogP contribution in [0.2, 0.25) is 0 Å². The monoisotopic (exact) mass is 331 g/mol. The number of aryl methyl sites for hydroxylation is 2. The largest absolute Gasteiger partial charge is 0.478 e. The molecule has 0 atom stereocenters. The highest BCUT2D eigenvalue weighted by atomic mass is 32.1. The molecule has 0 aromatic carbocycles. The quantitative estimate of drug-likeness (QED) is 0.758. The molecule has 3 rings (SSSR count). The van der Waals surface area contributed by atoms with Gasteiger partial charge in [0.15, 0.2) is 10.8 Å². The molecular formula is C14H13N5O3S. The molecule has 23 heavy (non-hydrogen) atoms. The maximum absolute atomic E-state index is 12.3. The van der Waals surface area contributed by atoms with Crippen LogP contribution in [0.5, 0.6) is 0 Å². The molecule has 0 saturated carbocycles. The van der Waals surface area contributed by atoms with Gasteiger partial charge in [-0.05, 0) is 26.0 Å². The molecule has 9 heteroatoms. The van der Waals surface area contributed by atoms with Gasteiger partial charge in [-0.3, -0.25) is 14.8 Å². The number of nitrogens with one attached hydrogen (secondary N) is 1. The highest BCUT2D eigenvalue weighted by molar-refractivity contribution is 7.22. The topological polar surface area (TPSA) is 110 Å². The summed E-state index contributed by atoms with van der Waals surface area (Å²) in [6.45, 7) is 4.30. The number of anilines is 1. The molecule has 0 aliphatic heterocycles. The Hall–Kier alpha value is -2.81. The smallest absolute Gasteiger partial charge is 0.337 e. The molecule has 0 fully saturated rings. The van der Waals surface area contributed by atoms with Crippen molar-refractivity contribution in [1.82, 2.24) is 19.7 Å². The fraction of sp³-hybridized carbons (Fsp3) is 0.214. The number of fused-ring (bicyclic) bond motifs is 1. The minimum Gasteiger partial charge on any atom is -0.478 e. The maximum Gasteiger partial charge on any atom is 0.337 e. The highest BCUT2D eigenvalue weighted by Crippen LogP contribution is 2.25. The third-order valence-electron chi connectivity index (χ3n) is 3.15. The van der Waals surface area contributed by atoms with Gasteiger partial charge in [0.25, 0.3) is 5.91 Å². The van der Waals surface area contributed by atoms with Crippen molar-refractivity contribution in [1.29, 1.82) is 0 Å². The number of amides is 1. The second kappa shape index (κ2) is 5.76. The van der Waals surface area contributed by atoms with E-state index in [0.717, 1.165) is 5.69 Å². The highest BCUT2D eigenvalue weighted by Gasteiger charge is 2.16. The molecule has 2 N–H and O–H groups in total. The zero-order valence-corrected chi connectivity index (χ0v) is 13.2. The van der Waals surface area contributed by atoms with Gasteiger partial charge in [0.1, 0.15) is 5.69 Å². The first kappa shape index (κ1) is 15.1. The second-order valence-corrected chi connectivity index (χ2v) is 5.84. The van der Waals surface area contributed by atoms with Gasteiger partial charge in [0.2, 0.25) is 0 Å². The summed E-state index contributed by atoms with van der Waals surface area (Å²) in [4.78, 5) is 31.5. The first-order chi connectivity index (χ1) is 11.0. The minimum atomic E-state index is -1.05. The van der Waals surface area contributed by atoms with E-state index in [0.29, 0.717) is 27.7 Å². The molecule has 3 aromatic rings. The molecule has 0 radical (unpaired) electrons. The second-order valence-electron chi connectivity index (χ2n) is 4.81. The Kier molecular flexibility index (Phi) is 3.78. The van der Waals surface area contributed by atoms with Gasteiger partial charge in [0.05, 0.1) is 16.0 Å². The van der Waals surface area contributed by atoms with Crippen molar-refractivity contribution < 1.29 is 14.7 Å². The van der Waals surface area contributed by atoms with Crippen LogP contribution in [-0.4, -0.2) is 36.7 Å². The molecule has 0 aliphatic carbocycles. The summed E-state index contributed by atoms with van der Waals surface area (Å²) < 4.78 is 2.21. The standard InChI is InChI=1S/C14H13N5O3S/c1-3-19-9(4-7(2)18-19)12(20)17-14-16-11-10(23-14)5-8(6-15-11)13(21)22/h4-6H,3H2,1-2H3,(H,21,22)(H,15,16,17,20). The number of carbonyl (C=O) groups excluding carboxylic acids is 1. The van der Waals surface area contributed by atoms with E-state index in [1.54, 1.807) is 10.7 Å². The zero-order valence-electron chi connectivity index (χ0n) is 12.4. The van der Waals surface area contributed by atoms with Crippen LogP contribution in [0.1, 0.15) is 33.5 Å². The molecule has 3 aromatic heterocycles. The number of thiazole rings is 1. The van der Waals surface area contributed by atoms with Crippen molar-refractivity contribution in [3.05, 3.63) is 35.3 Å². The molecule has 1 amide bonds. The fourth-order valence-corrected chi connectivity index (χ4v) is 2.98. The van der Waals surface area contributed by atoms with Crippen LogP contribution < -0.4 is 5.32 Å². The number of pyridine rings is 1. The van der Waals surface area contributed by atoms with Crippen molar-refractivity contribution in [3.63, 3.8) is 0 Å². The number of hydrogen-bond acceptors (Lipinski definition) is 6. The summed E-state index contributed by atoms with van der Waals surface area (Å²) in [6, 6.07) is 3.19. The Morgan fingerprint density at radius 1 is 1.39 bits per heavy atom. The lowest BCUT2D eigenvalue weighted by molar-refractivity contribution is 0.0696. The van der Waals surface area contributed by atoms with Crippen LogP contribution in [0.4, 0.5) is 5.13 Å². The summed E-state index contributed by atoms with van der Waals surface area (Å²) in [5.74, 6) is -1.37. The van der Waals surface area contributed by atoms with E-state index < -0.39 is 5.97 Å². The van der Waals surface area contributed by atoms with Gasteiger partial charge in [-0.15, -0.1) is 0 Å². The van der Waals surface area contributed by atoms with Crippen molar-refractivity contribution >= 4 is 38.7 Å². The summed E-state index contributed by atoms with van der Waals surface area (Å²) in [5.41, 5.74) is 1.69. The number of aromatic carboxylic acids is 1. The number of nitrogens with zero attached hydrogens (tertiary/aromatic N) is 4. The third-order valence-corrected chi connectivity index (χ3v) is 4.06. The van der Waals surface area contributed by atoms with Crippen LogP contribution in [0.15, 0.2) is 18.3 Å². The lowest BCUT2D eigenvalue weighted by Crippen LogP contribution is -2.17. The molecule has 0 spiro atoms. The molecular weight excluding hydrogens is 318 g/mol. The first-order valence-electron chi connectivity index (χ1n) is 6.83. The van der Waals surface area contributed by atoms with Crippen molar-refractivity contribution in [2.45, 2.75) is 20.4 Å². The van der Waals surface area contributed by atoms with Gasteiger partial charge < -0.3 is 5.11 Å². The third kappa shape index (κ3) is 2.90. The number of hydrogen-bond donors (Lipinski definition) is 2. The average molecular weight is 331 g/mol. The molecule has 0 bridgehead atoms. The fourth-order valence-electron chi connectivity index (χ4n) is 2.12. The summed E-state index contributed by atoms with van der Waals surface area (Å²) in [7, 11) is 0. The molecule has 8 nitrogen and oxygen atoms in total. The van der Waals surface area contributed by atoms with Crippen molar-refractivity contribution in [2.75, 3.05) is 5.32 Å². The molecule has 0 aliphatic rings. The number of carbonyl (C=O) groups is 2. The normalized spacial score (nSPS) is 10.9. The number of carboxylic acids is 1. The lowest BCUT2D eigenvalue weighted by Gasteiger charge is -2.03. The number of aromatic nitrogens is 4.